The summed E-state index contributed by atoms with van der Waals surface area (Å²) < 4.78 is 4.89. The van der Waals surface area contributed by atoms with Crippen molar-refractivity contribution in [1.29, 1.82) is 0 Å². The van der Waals surface area contributed by atoms with Crippen LogP contribution in [0, 0.1) is 0 Å². The Morgan fingerprint density at radius 1 is 0.234 bits per heavy atom. The van der Waals surface area contributed by atoms with Crippen molar-refractivity contribution in [2.45, 2.75) is 0 Å². The van der Waals surface area contributed by atoms with E-state index < -0.39 is 0 Å². The molecule has 64 heavy (non-hydrogen) atoms. The van der Waals surface area contributed by atoms with Gasteiger partial charge in [0, 0.05) is 38.3 Å². The normalized spacial score (nSPS) is 12.1. The number of aromatic nitrogens is 2. The molecule has 0 aliphatic heterocycles. The zero-order valence-corrected chi connectivity index (χ0v) is 34.8. The minimum absolute atomic E-state index is 1.14. The van der Waals surface area contributed by atoms with E-state index in [9.17, 15) is 0 Å². The van der Waals surface area contributed by atoms with E-state index in [1.165, 1.54) is 121 Å². The summed E-state index contributed by atoms with van der Waals surface area (Å²) in [6.07, 6.45) is 0. The highest BCUT2D eigenvalue weighted by Crippen LogP contribution is 2.48. The maximum atomic E-state index is 2.49. The first-order valence-corrected chi connectivity index (χ1v) is 22.2. The largest absolute Gasteiger partial charge is 0.309 e. The lowest BCUT2D eigenvalue weighted by molar-refractivity contribution is 1.18. The molecule has 0 N–H and O–H groups in total. The monoisotopic (exact) mass is 810 g/mol. The van der Waals surface area contributed by atoms with Gasteiger partial charge in [-0.3, -0.25) is 0 Å². The van der Waals surface area contributed by atoms with E-state index in [0.717, 1.165) is 11.4 Å². The summed E-state index contributed by atoms with van der Waals surface area (Å²) in [6.45, 7) is 0. The maximum Gasteiger partial charge on any atom is 0.0619 e. The lowest BCUT2D eigenvalue weighted by Crippen LogP contribution is -1.95. The van der Waals surface area contributed by atoms with E-state index >= 15 is 0 Å². The van der Waals surface area contributed by atoms with Gasteiger partial charge in [0.1, 0.15) is 0 Å². The second-order valence-corrected chi connectivity index (χ2v) is 17.3. The van der Waals surface area contributed by atoms with Crippen LogP contribution in [0.4, 0.5) is 0 Å². The highest BCUT2D eigenvalue weighted by molar-refractivity contribution is 6.20. The fourth-order valence-electron chi connectivity index (χ4n) is 10.9. The highest BCUT2D eigenvalue weighted by Gasteiger charge is 2.22. The third-order valence-corrected chi connectivity index (χ3v) is 13.8. The summed E-state index contributed by atoms with van der Waals surface area (Å²) >= 11 is 0. The van der Waals surface area contributed by atoms with E-state index in [-0.39, 0.29) is 0 Å². The molecule has 0 fully saturated rings. The van der Waals surface area contributed by atoms with Crippen molar-refractivity contribution in [3.63, 3.8) is 0 Å². The second-order valence-electron chi connectivity index (χ2n) is 17.3. The number of hydrogen-bond donors (Lipinski definition) is 0. The molecule has 0 radical (unpaired) electrons. The predicted octanol–water partition coefficient (Wildman–Crippen LogP) is 16.8. The van der Waals surface area contributed by atoms with Crippen molar-refractivity contribution in [2.24, 2.45) is 0 Å². The summed E-state index contributed by atoms with van der Waals surface area (Å²) in [5.41, 5.74) is 19.7. The Labute approximate surface area is 370 Å². The van der Waals surface area contributed by atoms with Crippen molar-refractivity contribution in [1.82, 2.24) is 9.13 Å². The zero-order valence-electron chi connectivity index (χ0n) is 34.8. The summed E-state index contributed by atoms with van der Waals surface area (Å²) in [5.74, 6) is 0. The van der Waals surface area contributed by atoms with Crippen molar-refractivity contribution in [2.75, 3.05) is 0 Å². The number of rotatable bonds is 5. The Morgan fingerprint density at radius 3 is 1.67 bits per heavy atom. The fraction of sp³-hybridized carbons (Fsp3) is 0. The molecular formula is C62H38N2. The molecule has 0 atom stereocenters. The van der Waals surface area contributed by atoms with Crippen LogP contribution in [0.15, 0.2) is 231 Å². The number of hydrogen-bond acceptors (Lipinski definition) is 0. The summed E-state index contributed by atoms with van der Waals surface area (Å²) in [4.78, 5) is 0. The van der Waals surface area contributed by atoms with Gasteiger partial charge >= 0.3 is 0 Å². The van der Waals surface area contributed by atoms with Crippen LogP contribution in [-0.4, -0.2) is 9.13 Å². The van der Waals surface area contributed by atoms with E-state index in [0.29, 0.717) is 0 Å². The lowest BCUT2D eigenvalue weighted by Gasteiger charge is -2.13. The Bertz CT molecular complexity index is 4060. The molecule has 0 spiro atoms. The van der Waals surface area contributed by atoms with Crippen LogP contribution in [0.5, 0.6) is 0 Å². The zero-order chi connectivity index (χ0) is 41.9. The van der Waals surface area contributed by atoms with Gasteiger partial charge in [-0.15, -0.1) is 0 Å². The first kappa shape index (κ1) is 35.2. The predicted molar refractivity (Wildman–Crippen MR) is 271 cm³/mol. The van der Waals surface area contributed by atoms with Gasteiger partial charge in [-0.25, -0.2) is 0 Å². The first-order chi connectivity index (χ1) is 31.7. The van der Waals surface area contributed by atoms with Gasteiger partial charge in [0.15, 0.2) is 0 Å². The Kier molecular flexibility index (Phi) is 7.43. The van der Waals surface area contributed by atoms with Gasteiger partial charge in [-0.1, -0.05) is 170 Å². The van der Waals surface area contributed by atoms with E-state index in [4.69, 9.17) is 0 Å². The fourth-order valence-corrected chi connectivity index (χ4v) is 10.9. The van der Waals surface area contributed by atoms with Crippen LogP contribution in [0.3, 0.4) is 0 Å². The molecule has 2 heterocycles. The molecule has 2 heteroatoms. The quantitative estimate of drug-likeness (QED) is 0.164. The Balaban J connectivity index is 0.905. The van der Waals surface area contributed by atoms with Crippen LogP contribution in [0.25, 0.3) is 132 Å². The second kappa shape index (κ2) is 13.5. The Morgan fingerprint density at radius 2 is 0.812 bits per heavy atom. The SMILES string of the molecule is c1ccc(-n2c3ccccc3c3ccc(-c4ccc5c(c4)c4ccc6ccccc6c4n5-c4cccc(-c5cccc(-c6ccc7c(c6)-c6cccc8cccc-7c68)c5)c4)cc32)cc1. The van der Waals surface area contributed by atoms with Crippen LogP contribution in [0.1, 0.15) is 0 Å². The summed E-state index contributed by atoms with van der Waals surface area (Å²) in [6, 6.07) is 85.3. The molecule has 0 unspecified atom stereocenters. The molecule has 13 aromatic rings. The molecule has 14 rings (SSSR count). The molecule has 1 aliphatic rings. The third kappa shape index (κ3) is 5.14. The van der Waals surface area contributed by atoms with Crippen LogP contribution >= 0.6 is 0 Å². The van der Waals surface area contributed by atoms with Crippen LogP contribution in [0.2, 0.25) is 0 Å². The average molecular weight is 811 g/mol. The molecule has 1 aliphatic carbocycles. The number of fused-ring (bicyclic) bond motifs is 11. The number of para-hydroxylation sites is 2. The maximum absolute atomic E-state index is 2.49. The van der Waals surface area contributed by atoms with Gasteiger partial charge in [0.2, 0.25) is 0 Å². The van der Waals surface area contributed by atoms with Crippen molar-refractivity contribution in [3.05, 3.63) is 231 Å². The van der Waals surface area contributed by atoms with E-state index in [1.807, 2.05) is 0 Å². The minimum Gasteiger partial charge on any atom is -0.309 e. The molecule has 11 aromatic carbocycles. The molecule has 0 amide bonds. The van der Waals surface area contributed by atoms with Gasteiger partial charge in [0.05, 0.1) is 22.1 Å². The molecule has 0 saturated carbocycles. The van der Waals surface area contributed by atoms with Gasteiger partial charge in [-0.2, -0.15) is 0 Å². The molecule has 2 nitrogen and oxygen atoms in total. The number of nitrogens with zero attached hydrogens (tertiary/aromatic N) is 2. The van der Waals surface area contributed by atoms with Crippen molar-refractivity contribution >= 4 is 65.2 Å². The van der Waals surface area contributed by atoms with Crippen LogP contribution < -0.4 is 0 Å². The highest BCUT2D eigenvalue weighted by atomic mass is 15.0. The van der Waals surface area contributed by atoms with Crippen LogP contribution in [-0.2, 0) is 0 Å². The average Bonchev–Trinajstić information content (AvgIpc) is 4.00. The summed E-state index contributed by atoms with van der Waals surface area (Å²) in [5, 5.41) is 10.1. The number of benzene rings is 11. The Hall–Kier alpha value is -8.46. The molecular weight excluding hydrogens is 773 g/mol. The molecule has 0 saturated heterocycles. The van der Waals surface area contributed by atoms with Crippen molar-refractivity contribution in [3.8, 4) is 67.0 Å². The van der Waals surface area contributed by atoms with Crippen molar-refractivity contribution < 1.29 is 0 Å². The van der Waals surface area contributed by atoms with E-state index in [2.05, 4.69) is 240 Å². The van der Waals surface area contributed by atoms with Gasteiger partial charge in [-0.05, 0) is 132 Å². The van der Waals surface area contributed by atoms with E-state index in [1.54, 1.807) is 0 Å². The minimum atomic E-state index is 1.14. The molecule has 0 bridgehead atoms. The molecule has 296 valence electrons. The topological polar surface area (TPSA) is 9.86 Å². The van der Waals surface area contributed by atoms with Gasteiger partial charge in [0.25, 0.3) is 0 Å². The third-order valence-electron chi connectivity index (χ3n) is 13.8. The van der Waals surface area contributed by atoms with Gasteiger partial charge < -0.3 is 9.13 Å². The molecule has 2 aromatic heterocycles. The summed E-state index contributed by atoms with van der Waals surface area (Å²) in [7, 11) is 0. The first-order valence-electron chi connectivity index (χ1n) is 22.2. The smallest absolute Gasteiger partial charge is 0.0619 e. The lowest BCUT2D eigenvalue weighted by atomic mass is 9.95. The standard InChI is InChI=1S/C62H38N2/c1-2-18-47(19-3-1)63-58-25-7-6-22-51(58)52-31-28-46(38-60(52)63)45-29-33-59-57(37-45)55-32-26-39-12-4-5-21-49(39)62(55)64(59)48-20-9-17-43(35-48)41-15-8-16-42(34-41)44-27-30-50-53-23-10-13-40-14-11-24-54(61(40)53)56(50)36-44/h1-38H.